The summed E-state index contributed by atoms with van der Waals surface area (Å²) in [5, 5.41) is 0. The lowest BCUT2D eigenvalue weighted by atomic mass is 10.0. The maximum Gasteiger partial charge on any atom is 0.219 e. The molecule has 0 bridgehead atoms. The molecule has 6 nitrogen and oxygen atoms in total. The van der Waals surface area contributed by atoms with Gasteiger partial charge in [0.2, 0.25) is 15.9 Å². The van der Waals surface area contributed by atoms with Gasteiger partial charge in [-0.2, -0.15) is 0 Å². The summed E-state index contributed by atoms with van der Waals surface area (Å²) in [6, 6.07) is 0. The topological polar surface area (TPSA) is 115 Å². The highest BCUT2D eigenvalue weighted by atomic mass is 32.2. The van der Waals surface area contributed by atoms with Crippen LogP contribution in [-0.2, 0) is 14.8 Å². The van der Waals surface area contributed by atoms with Gasteiger partial charge in [-0.25, -0.2) is 13.1 Å². The first kappa shape index (κ1) is 15.3. The van der Waals surface area contributed by atoms with Crippen molar-refractivity contribution in [2.75, 3.05) is 12.3 Å². The van der Waals surface area contributed by atoms with E-state index in [0.717, 1.165) is 0 Å². The smallest absolute Gasteiger partial charge is 0.219 e. The Morgan fingerprint density at radius 1 is 1.31 bits per heavy atom. The minimum atomic E-state index is -3.37. The largest absolute Gasteiger partial charge is 0.370 e. The van der Waals surface area contributed by atoms with Crippen LogP contribution < -0.4 is 16.2 Å². The summed E-state index contributed by atoms with van der Waals surface area (Å²) in [5.74, 6) is -0.512. The van der Waals surface area contributed by atoms with Crippen molar-refractivity contribution in [1.29, 1.82) is 0 Å². The molecule has 0 aliphatic heterocycles. The third-order valence-corrected chi connectivity index (χ3v) is 3.60. The molecular weight excluding hydrogens is 230 g/mol. The first-order valence-electron chi connectivity index (χ1n) is 5.18. The van der Waals surface area contributed by atoms with Gasteiger partial charge in [0.25, 0.3) is 0 Å². The van der Waals surface area contributed by atoms with E-state index < -0.39 is 21.5 Å². The molecule has 0 aromatic carbocycles. The summed E-state index contributed by atoms with van der Waals surface area (Å²) in [6.07, 6.45) is 1.15. The Kier molecular flexibility index (Phi) is 5.91. The van der Waals surface area contributed by atoms with Crippen molar-refractivity contribution in [3.8, 4) is 0 Å². The first-order chi connectivity index (χ1) is 7.18. The van der Waals surface area contributed by atoms with Gasteiger partial charge in [-0.05, 0) is 33.2 Å². The molecule has 0 rings (SSSR count). The Morgan fingerprint density at radius 3 is 2.31 bits per heavy atom. The van der Waals surface area contributed by atoms with Gasteiger partial charge in [-0.3, -0.25) is 4.79 Å². The lowest BCUT2D eigenvalue weighted by molar-refractivity contribution is -0.119. The average Bonchev–Trinajstić information content (AvgIpc) is 1.98. The Hall–Kier alpha value is -0.660. The van der Waals surface area contributed by atoms with Gasteiger partial charge in [-0.1, -0.05) is 0 Å². The van der Waals surface area contributed by atoms with Crippen molar-refractivity contribution in [3.05, 3.63) is 0 Å². The third-order valence-electron chi connectivity index (χ3n) is 1.92. The number of carbonyl (C=O) groups excluding carboxylic acids is 1. The first-order valence-corrected chi connectivity index (χ1v) is 6.84. The summed E-state index contributed by atoms with van der Waals surface area (Å²) in [7, 11) is -3.37. The molecule has 0 spiro atoms. The highest BCUT2D eigenvalue weighted by Crippen LogP contribution is 2.10. The fourth-order valence-electron chi connectivity index (χ4n) is 1.38. The normalized spacial score (nSPS) is 12.7. The number of hydrogen-bond donors (Lipinski definition) is 3. The molecule has 0 saturated carbocycles. The number of primary amides is 1. The fraction of sp³-hybridized carbons (Fsp3) is 0.889. The molecule has 0 radical (unpaired) electrons. The number of carbonyl (C=O) groups is 1. The summed E-state index contributed by atoms with van der Waals surface area (Å²) in [5.41, 5.74) is 9.46. The van der Waals surface area contributed by atoms with Crippen molar-refractivity contribution in [3.63, 3.8) is 0 Å². The van der Waals surface area contributed by atoms with Gasteiger partial charge in [0.1, 0.15) is 0 Å². The van der Waals surface area contributed by atoms with Gasteiger partial charge >= 0.3 is 0 Å². The number of sulfonamides is 1. The molecule has 96 valence electrons. The van der Waals surface area contributed by atoms with Crippen LogP contribution in [0.15, 0.2) is 0 Å². The van der Waals surface area contributed by atoms with Gasteiger partial charge in [-0.15, -0.1) is 0 Å². The minimum Gasteiger partial charge on any atom is -0.370 e. The van der Waals surface area contributed by atoms with Gasteiger partial charge < -0.3 is 11.5 Å². The number of hydrogen-bond acceptors (Lipinski definition) is 4. The molecule has 16 heavy (non-hydrogen) atoms. The van der Waals surface area contributed by atoms with Crippen molar-refractivity contribution < 1.29 is 13.2 Å². The van der Waals surface area contributed by atoms with E-state index in [1.165, 1.54) is 0 Å². The lowest BCUT2D eigenvalue weighted by Crippen LogP contribution is -2.46. The van der Waals surface area contributed by atoms with Crippen molar-refractivity contribution in [1.82, 2.24) is 4.72 Å². The van der Waals surface area contributed by atoms with E-state index in [2.05, 4.69) is 4.72 Å². The lowest BCUT2D eigenvalue weighted by Gasteiger charge is -2.24. The second-order valence-electron chi connectivity index (χ2n) is 4.44. The van der Waals surface area contributed by atoms with Crippen LogP contribution in [0.25, 0.3) is 0 Å². The molecule has 0 atom stereocenters. The number of nitrogens with one attached hydrogen (secondary N) is 1. The summed E-state index contributed by atoms with van der Waals surface area (Å²) in [6.45, 7) is 3.72. The highest BCUT2D eigenvalue weighted by Gasteiger charge is 2.26. The number of nitrogens with two attached hydrogens (primary N) is 2. The Bertz CT molecular complexity index is 325. The quantitative estimate of drug-likeness (QED) is 0.495. The average molecular weight is 251 g/mol. The molecule has 1 amide bonds. The molecular formula is C9H21N3O3S. The van der Waals surface area contributed by atoms with E-state index in [9.17, 15) is 13.2 Å². The summed E-state index contributed by atoms with van der Waals surface area (Å²) >= 11 is 0. The van der Waals surface area contributed by atoms with E-state index in [4.69, 9.17) is 11.5 Å². The van der Waals surface area contributed by atoms with Gasteiger partial charge in [0.05, 0.1) is 5.75 Å². The summed E-state index contributed by atoms with van der Waals surface area (Å²) < 4.78 is 25.7. The zero-order valence-corrected chi connectivity index (χ0v) is 10.6. The zero-order chi connectivity index (χ0) is 12.8. The van der Waals surface area contributed by atoms with Crippen LogP contribution in [-0.4, -0.2) is 32.2 Å². The molecule has 5 N–H and O–H groups in total. The van der Waals surface area contributed by atoms with Crippen LogP contribution in [0.3, 0.4) is 0 Å². The number of amides is 1. The Balaban J connectivity index is 4.29. The van der Waals surface area contributed by atoms with Gasteiger partial charge in [0, 0.05) is 12.0 Å². The third kappa shape index (κ3) is 7.61. The Morgan fingerprint density at radius 2 is 1.88 bits per heavy atom. The predicted molar refractivity (Wildman–Crippen MR) is 63.1 cm³/mol. The van der Waals surface area contributed by atoms with E-state index in [1.807, 2.05) is 0 Å². The zero-order valence-electron chi connectivity index (χ0n) is 9.82. The van der Waals surface area contributed by atoms with E-state index in [0.29, 0.717) is 19.4 Å². The van der Waals surface area contributed by atoms with Crippen LogP contribution in [0.2, 0.25) is 0 Å². The molecule has 0 aliphatic carbocycles. The van der Waals surface area contributed by atoms with E-state index in [-0.39, 0.29) is 12.2 Å². The highest BCUT2D eigenvalue weighted by molar-refractivity contribution is 7.89. The van der Waals surface area contributed by atoms with Gasteiger partial charge in [0.15, 0.2) is 0 Å². The molecule has 0 heterocycles. The van der Waals surface area contributed by atoms with Crippen molar-refractivity contribution in [2.24, 2.45) is 11.5 Å². The SMILES string of the molecule is CC(C)(CC(N)=O)NS(=O)(=O)CCCCN. The van der Waals surface area contributed by atoms with Crippen LogP contribution in [0.5, 0.6) is 0 Å². The maximum atomic E-state index is 11.6. The number of rotatable bonds is 8. The molecule has 0 unspecified atom stereocenters. The van der Waals surface area contributed by atoms with Crippen LogP contribution in [0, 0.1) is 0 Å². The van der Waals surface area contributed by atoms with Crippen LogP contribution in [0.4, 0.5) is 0 Å². The summed E-state index contributed by atoms with van der Waals surface area (Å²) in [4.78, 5) is 10.7. The molecule has 0 fully saturated rings. The molecule has 0 aromatic rings. The van der Waals surface area contributed by atoms with E-state index in [1.54, 1.807) is 13.8 Å². The second-order valence-corrected chi connectivity index (χ2v) is 6.29. The Labute approximate surface area is 96.8 Å². The van der Waals surface area contributed by atoms with Crippen LogP contribution >= 0.6 is 0 Å². The second kappa shape index (κ2) is 6.17. The minimum absolute atomic E-state index is 0.0202. The molecule has 0 aromatic heterocycles. The maximum absolute atomic E-state index is 11.6. The number of unbranched alkanes of at least 4 members (excludes halogenated alkanes) is 1. The fourth-order valence-corrected chi connectivity index (χ4v) is 2.98. The predicted octanol–water partition coefficient (Wildman–Crippen LogP) is -0.701. The molecule has 0 aliphatic rings. The van der Waals surface area contributed by atoms with Crippen molar-refractivity contribution in [2.45, 2.75) is 38.6 Å². The van der Waals surface area contributed by atoms with Crippen LogP contribution in [0.1, 0.15) is 33.1 Å². The van der Waals surface area contributed by atoms with Crippen molar-refractivity contribution >= 4 is 15.9 Å². The standard InChI is InChI=1S/C9H21N3O3S/c1-9(2,7-8(11)13)12-16(14,15)6-4-3-5-10/h12H,3-7,10H2,1-2H3,(H2,11,13). The molecule has 7 heteroatoms. The van der Waals surface area contributed by atoms with E-state index >= 15 is 0 Å². The monoisotopic (exact) mass is 251 g/mol. The molecule has 0 saturated heterocycles.